The number of hydrogen-bond donors (Lipinski definition) is 1. The second kappa shape index (κ2) is 8.72. The fraction of sp³-hybridized carbons (Fsp3) is 0.739. The van der Waals surface area contributed by atoms with E-state index in [0.29, 0.717) is 11.8 Å². The summed E-state index contributed by atoms with van der Waals surface area (Å²) in [5, 5.41) is 3.22. The van der Waals surface area contributed by atoms with Crippen LogP contribution in [-0.4, -0.2) is 42.0 Å². The minimum Gasteiger partial charge on any atom is -0.352 e. The predicted molar refractivity (Wildman–Crippen MR) is 109 cm³/mol. The Morgan fingerprint density at radius 2 is 1.78 bits per heavy atom. The first-order valence-electron chi connectivity index (χ1n) is 11.2. The molecule has 2 heterocycles. The number of hydrogen-bond acceptors (Lipinski definition) is 3. The normalized spacial score (nSPS) is 22.7. The fourth-order valence-corrected chi connectivity index (χ4v) is 4.86. The van der Waals surface area contributed by atoms with E-state index in [0.717, 1.165) is 55.3 Å². The van der Waals surface area contributed by atoms with Gasteiger partial charge in [-0.2, -0.15) is 0 Å². The van der Waals surface area contributed by atoms with Gasteiger partial charge in [0.05, 0.1) is 11.3 Å². The lowest BCUT2D eigenvalue weighted by Gasteiger charge is -2.32. The highest BCUT2D eigenvalue weighted by atomic mass is 16.1. The SMILES string of the molecule is Cc1ccc(C(=O)NCC2CCCCC2)c(C2CCN(CC3CC3)CC2)n1. The van der Waals surface area contributed by atoms with E-state index < -0.39 is 0 Å². The van der Waals surface area contributed by atoms with Gasteiger partial charge in [0.2, 0.25) is 0 Å². The van der Waals surface area contributed by atoms with Crippen LogP contribution in [0.15, 0.2) is 12.1 Å². The van der Waals surface area contributed by atoms with Gasteiger partial charge in [-0.3, -0.25) is 9.78 Å². The lowest BCUT2D eigenvalue weighted by atomic mass is 9.88. The zero-order valence-corrected chi connectivity index (χ0v) is 16.9. The van der Waals surface area contributed by atoms with Crippen LogP contribution in [0.4, 0.5) is 0 Å². The van der Waals surface area contributed by atoms with Gasteiger partial charge in [-0.25, -0.2) is 0 Å². The van der Waals surface area contributed by atoms with E-state index in [1.54, 1.807) is 0 Å². The molecule has 4 nitrogen and oxygen atoms in total. The van der Waals surface area contributed by atoms with Gasteiger partial charge in [-0.05, 0) is 82.5 Å². The number of aryl methyl sites for hydroxylation is 1. The summed E-state index contributed by atoms with van der Waals surface area (Å²) in [5.74, 6) is 2.13. The van der Waals surface area contributed by atoms with Crippen molar-refractivity contribution in [2.45, 2.75) is 70.6 Å². The van der Waals surface area contributed by atoms with Crippen molar-refractivity contribution in [2.75, 3.05) is 26.2 Å². The Hall–Kier alpha value is -1.42. The highest BCUT2D eigenvalue weighted by Gasteiger charge is 2.29. The van der Waals surface area contributed by atoms with Gasteiger partial charge in [-0.1, -0.05) is 19.3 Å². The molecular formula is C23H35N3O. The Balaban J connectivity index is 1.38. The molecule has 3 aliphatic rings. The number of piperidine rings is 1. The second-order valence-corrected chi connectivity index (χ2v) is 9.12. The summed E-state index contributed by atoms with van der Waals surface area (Å²) in [5.41, 5.74) is 2.88. The van der Waals surface area contributed by atoms with E-state index in [1.807, 2.05) is 19.1 Å². The van der Waals surface area contributed by atoms with Crippen LogP contribution in [0.1, 0.15) is 85.5 Å². The lowest BCUT2D eigenvalue weighted by Crippen LogP contribution is -2.36. The molecule has 0 unspecified atom stereocenters. The van der Waals surface area contributed by atoms with Crippen molar-refractivity contribution in [3.8, 4) is 0 Å². The zero-order valence-electron chi connectivity index (χ0n) is 16.9. The van der Waals surface area contributed by atoms with E-state index in [-0.39, 0.29) is 5.91 Å². The summed E-state index contributed by atoms with van der Waals surface area (Å²) in [7, 11) is 0. The molecule has 27 heavy (non-hydrogen) atoms. The van der Waals surface area contributed by atoms with Crippen LogP contribution in [0.3, 0.4) is 0 Å². The maximum Gasteiger partial charge on any atom is 0.253 e. The predicted octanol–water partition coefficient (Wildman–Crippen LogP) is 4.29. The topological polar surface area (TPSA) is 45.2 Å². The highest BCUT2D eigenvalue weighted by Crippen LogP contribution is 2.34. The molecule has 0 bridgehead atoms. The third-order valence-corrected chi connectivity index (χ3v) is 6.77. The maximum absolute atomic E-state index is 12.9. The molecule has 1 aliphatic heterocycles. The number of rotatable bonds is 6. The van der Waals surface area contributed by atoms with Crippen LogP contribution in [0, 0.1) is 18.8 Å². The zero-order chi connectivity index (χ0) is 18.6. The Morgan fingerprint density at radius 3 is 2.48 bits per heavy atom. The summed E-state index contributed by atoms with van der Waals surface area (Å²) in [6.45, 7) is 6.45. The Bertz CT molecular complexity index is 641. The van der Waals surface area contributed by atoms with Crippen LogP contribution in [0.25, 0.3) is 0 Å². The van der Waals surface area contributed by atoms with E-state index in [9.17, 15) is 4.79 Å². The third-order valence-electron chi connectivity index (χ3n) is 6.77. The maximum atomic E-state index is 12.9. The average molecular weight is 370 g/mol. The van der Waals surface area contributed by atoms with Gasteiger partial charge in [0.1, 0.15) is 0 Å². The van der Waals surface area contributed by atoms with E-state index >= 15 is 0 Å². The smallest absolute Gasteiger partial charge is 0.253 e. The molecule has 2 saturated carbocycles. The number of aromatic nitrogens is 1. The molecule has 3 fully saturated rings. The molecule has 0 aromatic carbocycles. The number of pyridine rings is 1. The van der Waals surface area contributed by atoms with Gasteiger partial charge >= 0.3 is 0 Å². The molecule has 4 rings (SSSR count). The van der Waals surface area contributed by atoms with E-state index in [4.69, 9.17) is 4.98 Å². The van der Waals surface area contributed by atoms with E-state index in [2.05, 4.69) is 10.2 Å². The minimum absolute atomic E-state index is 0.0866. The van der Waals surface area contributed by atoms with Crippen LogP contribution >= 0.6 is 0 Å². The van der Waals surface area contributed by atoms with E-state index in [1.165, 1.54) is 51.5 Å². The van der Waals surface area contributed by atoms with Crippen molar-refractivity contribution in [1.82, 2.24) is 15.2 Å². The van der Waals surface area contributed by atoms with Crippen molar-refractivity contribution in [1.29, 1.82) is 0 Å². The molecule has 0 radical (unpaired) electrons. The van der Waals surface area contributed by atoms with Crippen molar-refractivity contribution >= 4 is 5.91 Å². The quantitative estimate of drug-likeness (QED) is 0.813. The summed E-state index contributed by atoms with van der Waals surface area (Å²) >= 11 is 0. The van der Waals surface area contributed by atoms with Gasteiger partial charge in [0, 0.05) is 24.7 Å². The summed E-state index contributed by atoms with van der Waals surface area (Å²) in [6, 6.07) is 3.99. The molecule has 1 N–H and O–H groups in total. The monoisotopic (exact) mass is 369 g/mol. The van der Waals surface area contributed by atoms with Crippen LogP contribution in [-0.2, 0) is 0 Å². The second-order valence-electron chi connectivity index (χ2n) is 9.12. The minimum atomic E-state index is 0.0866. The molecular weight excluding hydrogens is 334 g/mol. The van der Waals surface area contributed by atoms with Gasteiger partial charge in [0.25, 0.3) is 5.91 Å². The first-order chi connectivity index (χ1) is 13.2. The molecule has 0 atom stereocenters. The van der Waals surface area contributed by atoms with Crippen molar-refractivity contribution in [2.24, 2.45) is 11.8 Å². The molecule has 0 spiro atoms. The number of nitrogens with zero attached hydrogens (tertiary/aromatic N) is 2. The lowest BCUT2D eigenvalue weighted by molar-refractivity contribution is 0.0940. The molecule has 1 aromatic rings. The molecule has 1 saturated heterocycles. The Labute approximate surface area is 164 Å². The molecule has 2 aliphatic carbocycles. The van der Waals surface area contributed by atoms with Crippen molar-refractivity contribution < 1.29 is 4.79 Å². The summed E-state index contributed by atoms with van der Waals surface area (Å²) in [4.78, 5) is 20.4. The van der Waals surface area contributed by atoms with Gasteiger partial charge < -0.3 is 10.2 Å². The third kappa shape index (κ3) is 5.10. The summed E-state index contributed by atoms with van der Waals surface area (Å²) < 4.78 is 0. The fourth-order valence-electron chi connectivity index (χ4n) is 4.86. The Morgan fingerprint density at radius 1 is 1.04 bits per heavy atom. The molecule has 1 aromatic heterocycles. The number of likely N-dealkylation sites (tertiary alicyclic amines) is 1. The van der Waals surface area contributed by atoms with Crippen molar-refractivity contribution in [3.05, 3.63) is 29.1 Å². The number of carbonyl (C=O) groups is 1. The summed E-state index contributed by atoms with van der Waals surface area (Å²) in [6.07, 6.45) is 11.6. The first-order valence-corrected chi connectivity index (χ1v) is 11.2. The standard InChI is InChI=1S/C23H35N3O/c1-17-7-10-21(23(27)24-15-18-5-3-2-4-6-18)22(25-17)20-11-13-26(14-12-20)16-19-8-9-19/h7,10,18-20H,2-6,8-9,11-16H2,1H3,(H,24,27). The van der Waals surface area contributed by atoms with Crippen LogP contribution in [0.5, 0.6) is 0 Å². The molecule has 1 amide bonds. The highest BCUT2D eigenvalue weighted by molar-refractivity contribution is 5.95. The van der Waals surface area contributed by atoms with Crippen molar-refractivity contribution in [3.63, 3.8) is 0 Å². The van der Waals surface area contributed by atoms with Gasteiger partial charge in [-0.15, -0.1) is 0 Å². The average Bonchev–Trinajstić information content (AvgIpc) is 3.51. The molecule has 148 valence electrons. The first kappa shape index (κ1) is 18.9. The van der Waals surface area contributed by atoms with Crippen LogP contribution < -0.4 is 5.32 Å². The van der Waals surface area contributed by atoms with Crippen LogP contribution in [0.2, 0.25) is 0 Å². The number of carbonyl (C=O) groups excluding carboxylic acids is 1. The Kier molecular flexibility index (Phi) is 6.11. The number of nitrogens with one attached hydrogen (secondary N) is 1. The van der Waals surface area contributed by atoms with Gasteiger partial charge in [0.15, 0.2) is 0 Å². The molecule has 4 heteroatoms. The number of amides is 1. The largest absolute Gasteiger partial charge is 0.352 e.